The number of ether oxygens (including phenoxy) is 3. The van der Waals surface area contributed by atoms with Crippen molar-refractivity contribution < 1.29 is 48.7 Å². The third-order valence-electron chi connectivity index (χ3n) is 5.95. The van der Waals surface area contributed by atoms with E-state index in [9.17, 15) is 4.79 Å². The quantitative estimate of drug-likeness (QED) is 0.113. The second kappa shape index (κ2) is 15.1. The van der Waals surface area contributed by atoms with Crippen molar-refractivity contribution in [2.45, 2.75) is 70.2 Å². The zero-order chi connectivity index (χ0) is 26.8. The van der Waals surface area contributed by atoms with Crippen LogP contribution in [0.4, 0.5) is 0 Å². The molecule has 2 heterocycles. The molecule has 0 aromatic rings. The highest BCUT2D eigenvalue weighted by Crippen LogP contribution is 2.31. The molecule has 2 rings (SSSR count). The van der Waals surface area contributed by atoms with Gasteiger partial charge in [-0.25, -0.2) is 0 Å². The van der Waals surface area contributed by atoms with Gasteiger partial charge in [0, 0.05) is 40.0 Å². The maximum absolute atomic E-state index is 12.8. The highest BCUT2D eigenvalue weighted by Gasteiger charge is 2.49. The molecule has 2 aliphatic rings. The number of epoxide rings is 1. The summed E-state index contributed by atoms with van der Waals surface area (Å²) in [6.07, 6.45) is 1.67. The molecule has 36 heavy (non-hydrogen) atoms. The topological polar surface area (TPSA) is 113 Å². The van der Waals surface area contributed by atoms with E-state index in [2.05, 4.69) is 6.55 Å². The third-order valence-corrected chi connectivity index (χ3v) is 22.9. The molecule has 0 aromatic carbocycles. The lowest BCUT2D eigenvalue weighted by Gasteiger charge is -2.42. The summed E-state index contributed by atoms with van der Waals surface area (Å²) >= 11 is 0. The van der Waals surface area contributed by atoms with Gasteiger partial charge in [-0.05, 0) is 45.1 Å². The zero-order valence-electron chi connectivity index (χ0n) is 23.0. The molecule has 11 nitrogen and oxygen atoms in total. The van der Waals surface area contributed by atoms with Crippen LogP contribution in [-0.4, -0.2) is 104 Å². The van der Waals surface area contributed by atoms with Crippen LogP contribution in [0.1, 0.15) is 19.8 Å². The van der Waals surface area contributed by atoms with E-state index in [-0.39, 0.29) is 24.6 Å². The highest BCUT2D eigenvalue weighted by molar-refractivity contribution is 6.86. The van der Waals surface area contributed by atoms with Crippen LogP contribution in [0, 0.1) is 5.92 Å². The first-order valence-corrected chi connectivity index (χ1v) is 23.0. The van der Waals surface area contributed by atoms with Crippen LogP contribution in [0.5, 0.6) is 0 Å². The third kappa shape index (κ3) is 11.1. The van der Waals surface area contributed by atoms with Crippen molar-refractivity contribution in [1.82, 2.24) is 0 Å². The molecule has 0 N–H and O–H groups in total. The summed E-state index contributed by atoms with van der Waals surface area (Å²) in [5.41, 5.74) is 0. The fraction of sp³-hybridized carbons (Fsp3) is 0.950. The molecule has 210 valence electrons. The normalized spacial score (nSPS) is 28.9. The number of hydrogen-bond donors (Lipinski definition) is 0. The molecule has 0 saturated carbocycles. The number of rotatable bonds is 16. The van der Waals surface area contributed by atoms with Gasteiger partial charge in [-0.15, -0.1) is 0 Å². The summed E-state index contributed by atoms with van der Waals surface area (Å²) in [6, 6.07) is 1.80. The van der Waals surface area contributed by atoms with Crippen molar-refractivity contribution in [3.05, 3.63) is 0 Å². The molecule has 4 unspecified atom stereocenters. The van der Waals surface area contributed by atoms with Crippen LogP contribution in [0.25, 0.3) is 0 Å². The van der Waals surface area contributed by atoms with Crippen molar-refractivity contribution in [2.75, 3.05) is 47.8 Å². The predicted octanol–water partition coefficient (Wildman–Crippen LogP) is 2.70. The van der Waals surface area contributed by atoms with Crippen LogP contribution in [0.15, 0.2) is 0 Å². The van der Waals surface area contributed by atoms with Crippen molar-refractivity contribution >= 4 is 50.5 Å². The fourth-order valence-electron chi connectivity index (χ4n) is 4.21. The molecule has 2 fully saturated rings. The first-order chi connectivity index (χ1) is 17.0. The maximum Gasteiger partial charge on any atom is 0.500 e. The number of carbonyl (C=O) groups is 1. The SMILES string of the molecule is CO[Si](CCCOC(=O)C(C)C[Si]1(C)O[Si](C)O[Si](C)O[Si](C)(CCCOCC2CO2)O1)(OC)OC. The monoisotopic (exact) mass is 600 g/mol. The molecule has 2 radical (unpaired) electrons. The lowest BCUT2D eigenvalue weighted by atomic mass is 10.2. The minimum Gasteiger partial charge on any atom is -0.465 e. The summed E-state index contributed by atoms with van der Waals surface area (Å²) in [4.78, 5) is 12.8. The van der Waals surface area contributed by atoms with E-state index in [1.165, 1.54) is 0 Å². The Bertz CT molecular complexity index is 664. The molecule has 0 aromatic heterocycles. The second-order valence-electron chi connectivity index (χ2n) is 9.46. The average Bonchev–Trinajstić information content (AvgIpc) is 3.62. The van der Waals surface area contributed by atoms with Crippen LogP contribution in [0.2, 0.25) is 44.3 Å². The summed E-state index contributed by atoms with van der Waals surface area (Å²) in [7, 11) is -6.39. The fourth-order valence-corrected chi connectivity index (χ4v) is 21.8. The minimum atomic E-state index is -2.79. The van der Waals surface area contributed by atoms with E-state index in [1.807, 2.05) is 26.6 Å². The van der Waals surface area contributed by atoms with Crippen molar-refractivity contribution in [1.29, 1.82) is 0 Å². The smallest absolute Gasteiger partial charge is 0.465 e. The standard InChI is InChI=1S/C20H44O11Si5/c1-18(20(21)26-12-10-14-36(22-2,23-3)24-4)17-35(8)30-33(6)28-32(5)29-34(7,31-35)13-9-11-25-15-19-16-27-19/h18-19H,9-17H2,1-8H3. The van der Waals surface area contributed by atoms with Crippen LogP contribution in [0.3, 0.4) is 0 Å². The largest absolute Gasteiger partial charge is 0.500 e. The average molecular weight is 601 g/mol. The molecule has 16 heteroatoms. The Morgan fingerprint density at radius 1 is 1.03 bits per heavy atom. The molecular formula is C20H44O11Si5. The summed E-state index contributed by atoms with van der Waals surface area (Å²) < 4.78 is 58.4. The van der Waals surface area contributed by atoms with E-state index in [0.717, 1.165) is 19.1 Å². The van der Waals surface area contributed by atoms with E-state index in [0.29, 0.717) is 31.7 Å². The van der Waals surface area contributed by atoms with E-state index in [1.54, 1.807) is 21.3 Å². The Kier molecular flexibility index (Phi) is 13.6. The Hall–Kier alpha value is 0.194. The Morgan fingerprint density at radius 2 is 1.64 bits per heavy atom. The van der Waals surface area contributed by atoms with E-state index >= 15 is 0 Å². The summed E-state index contributed by atoms with van der Waals surface area (Å²) in [5.74, 6) is -0.653. The van der Waals surface area contributed by atoms with Gasteiger partial charge in [-0.1, -0.05) is 6.92 Å². The Labute approximate surface area is 222 Å². The minimum absolute atomic E-state index is 0.255. The number of carbonyl (C=O) groups excluding carboxylic acids is 1. The van der Waals surface area contributed by atoms with Crippen molar-refractivity contribution in [2.24, 2.45) is 5.92 Å². The van der Waals surface area contributed by atoms with Crippen molar-refractivity contribution in [3.8, 4) is 0 Å². The molecule has 0 amide bonds. The summed E-state index contributed by atoms with van der Waals surface area (Å²) in [5, 5.41) is 0. The van der Waals surface area contributed by atoms with Gasteiger partial charge >= 0.3 is 50.5 Å². The molecule has 0 aliphatic carbocycles. The Morgan fingerprint density at radius 3 is 2.22 bits per heavy atom. The van der Waals surface area contributed by atoms with Gasteiger partial charge in [0.1, 0.15) is 6.10 Å². The summed E-state index contributed by atoms with van der Waals surface area (Å²) in [6.45, 7) is 12.2. The molecular weight excluding hydrogens is 557 g/mol. The molecule has 2 aliphatic heterocycles. The van der Waals surface area contributed by atoms with Crippen molar-refractivity contribution in [3.63, 3.8) is 0 Å². The van der Waals surface area contributed by atoms with Gasteiger partial charge < -0.3 is 43.9 Å². The molecule has 0 bridgehead atoms. The number of esters is 1. The van der Waals surface area contributed by atoms with Gasteiger partial charge in [-0.3, -0.25) is 4.79 Å². The van der Waals surface area contributed by atoms with Gasteiger partial charge in [0.2, 0.25) is 0 Å². The molecule has 0 spiro atoms. The van der Waals surface area contributed by atoms with Gasteiger partial charge in [0.25, 0.3) is 0 Å². The second-order valence-corrected chi connectivity index (χ2v) is 23.2. The van der Waals surface area contributed by atoms with E-state index in [4.69, 9.17) is 43.9 Å². The molecule has 4 atom stereocenters. The first-order valence-electron chi connectivity index (χ1n) is 12.4. The first kappa shape index (κ1) is 32.4. The Balaban J connectivity index is 1.89. The molecule has 2 saturated heterocycles. The van der Waals surface area contributed by atoms with E-state index < -0.39 is 44.5 Å². The maximum atomic E-state index is 12.8. The van der Waals surface area contributed by atoms with Crippen LogP contribution < -0.4 is 0 Å². The van der Waals surface area contributed by atoms with Gasteiger partial charge in [0.15, 0.2) is 0 Å². The highest BCUT2D eigenvalue weighted by atomic mass is 28.5. The lowest BCUT2D eigenvalue weighted by molar-refractivity contribution is -0.147. The lowest BCUT2D eigenvalue weighted by Crippen LogP contribution is -2.59. The van der Waals surface area contributed by atoms with Gasteiger partial charge in [-0.2, -0.15) is 0 Å². The predicted molar refractivity (Wildman–Crippen MR) is 142 cm³/mol. The van der Waals surface area contributed by atoms with Gasteiger partial charge in [0.05, 0.1) is 25.7 Å². The van der Waals surface area contributed by atoms with Crippen LogP contribution >= 0.6 is 0 Å². The number of hydrogen-bond acceptors (Lipinski definition) is 11. The zero-order valence-corrected chi connectivity index (χ0v) is 28.0. The van der Waals surface area contributed by atoms with Crippen LogP contribution in [-0.2, 0) is 48.7 Å².